The number of hydrogen-bond donors (Lipinski definition) is 1. The summed E-state index contributed by atoms with van der Waals surface area (Å²) >= 11 is 0. The number of benzene rings is 1. The van der Waals surface area contributed by atoms with Crippen LogP contribution in [-0.4, -0.2) is 30.7 Å². The molecule has 0 saturated carbocycles. The number of ether oxygens (including phenoxy) is 3. The average molecular weight is 471 g/mol. The van der Waals surface area contributed by atoms with E-state index in [-0.39, 0.29) is 52.1 Å². The molecular formula is C27H34O7. The number of carbonyl (C=O) groups is 1. The number of methoxy groups -OCH3 is 2. The van der Waals surface area contributed by atoms with Crippen molar-refractivity contribution in [2.24, 2.45) is 5.92 Å². The summed E-state index contributed by atoms with van der Waals surface area (Å²) < 4.78 is 23.1. The topological polar surface area (TPSA) is 95.2 Å². The number of carbonyl (C=O) groups excluding carboxylic acids is 1. The molecule has 1 aromatic carbocycles. The second-order valence-corrected chi connectivity index (χ2v) is 9.17. The predicted molar refractivity (Wildman–Crippen MR) is 131 cm³/mol. The van der Waals surface area contributed by atoms with E-state index in [0.717, 1.165) is 0 Å². The lowest BCUT2D eigenvalue weighted by molar-refractivity contribution is 0.0910. The summed E-state index contributed by atoms with van der Waals surface area (Å²) in [5.74, 6) is 0.409. The van der Waals surface area contributed by atoms with Crippen molar-refractivity contribution < 1.29 is 28.5 Å². The van der Waals surface area contributed by atoms with Crippen LogP contribution in [0.15, 0.2) is 15.3 Å². The minimum Gasteiger partial charge on any atom is -0.507 e. The van der Waals surface area contributed by atoms with Crippen LogP contribution in [0, 0.1) is 12.8 Å². The van der Waals surface area contributed by atoms with Crippen LogP contribution < -0.4 is 19.6 Å². The van der Waals surface area contributed by atoms with Gasteiger partial charge >= 0.3 is 0 Å². The van der Waals surface area contributed by atoms with E-state index in [1.54, 1.807) is 6.92 Å². The highest BCUT2D eigenvalue weighted by Crippen LogP contribution is 2.49. The monoisotopic (exact) mass is 470 g/mol. The van der Waals surface area contributed by atoms with Gasteiger partial charge in [0.2, 0.25) is 0 Å². The van der Waals surface area contributed by atoms with Gasteiger partial charge in [-0.05, 0) is 39.3 Å². The van der Waals surface area contributed by atoms with Gasteiger partial charge in [0.25, 0.3) is 5.95 Å². The third-order valence-electron chi connectivity index (χ3n) is 6.40. The highest BCUT2D eigenvalue weighted by Gasteiger charge is 2.35. The molecule has 184 valence electrons. The number of phenols is 1. The van der Waals surface area contributed by atoms with Crippen molar-refractivity contribution in [3.8, 4) is 23.2 Å². The molecule has 1 atom stereocenters. The lowest BCUT2D eigenvalue weighted by Crippen LogP contribution is -2.29. The lowest BCUT2D eigenvalue weighted by atomic mass is 9.87. The Morgan fingerprint density at radius 2 is 1.85 bits per heavy atom. The van der Waals surface area contributed by atoms with Crippen LogP contribution in [0.3, 0.4) is 0 Å². The van der Waals surface area contributed by atoms with Gasteiger partial charge in [-0.2, -0.15) is 0 Å². The number of aromatic hydroxyl groups is 1. The normalized spacial score (nSPS) is 14.8. The minimum atomic E-state index is -0.673. The first-order valence-corrected chi connectivity index (χ1v) is 11.6. The Morgan fingerprint density at radius 1 is 1.18 bits per heavy atom. The van der Waals surface area contributed by atoms with E-state index in [9.17, 15) is 14.7 Å². The Hall–Kier alpha value is -3.22. The molecule has 0 aliphatic carbocycles. The molecule has 1 aromatic heterocycles. The van der Waals surface area contributed by atoms with E-state index in [1.807, 2.05) is 46.8 Å². The van der Waals surface area contributed by atoms with Crippen molar-refractivity contribution in [3.63, 3.8) is 0 Å². The molecule has 1 aliphatic heterocycles. The number of Topliss-reactive ketones (excluding diaryl/α,β-unsaturated/α-hetero) is 1. The summed E-state index contributed by atoms with van der Waals surface area (Å²) in [6, 6.07) is 0. The Kier molecular flexibility index (Phi) is 7.15. The van der Waals surface area contributed by atoms with Gasteiger partial charge in [0.15, 0.2) is 11.2 Å². The van der Waals surface area contributed by atoms with Crippen LogP contribution in [0.5, 0.6) is 23.2 Å². The summed E-state index contributed by atoms with van der Waals surface area (Å²) in [6.45, 7) is 11.1. The number of rotatable bonds is 8. The molecule has 1 N–H and O–H groups in total. The third-order valence-corrected chi connectivity index (χ3v) is 6.40. The van der Waals surface area contributed by atoms with Gasteiger partial charge in [-0.1, -0.05) is 20.8 Å². The molecule has 1 aliphatic rings. The van der Waals surface area contributed by atoms with Crippen LogP contribution in [0.25, 0.3) is 6.08 Å². The lowest BCUT2D eigenvalue weighted by Gasteiger charge is -2.32. The van der Waals surface area contributed by atoms with Crippen molar-refractivity contribution in [2.45, 2.75) is 66.4 Å². The molecule has 7 heteroatoms. The first-order valence-electron chi connectivity index (χ1n) is 11.6. The zero-order valence-electron chi connectivity index (χ0n) is 21.3. The standard InChI is InChI=1S/C27H34O7/c1-9-14(3)21(28)20-23(30)17(24(31-7)16-11-12-27(5,6)34-25(16)20)13-18-22(29)15(4)19(10-2)33-26(18)32-8/h11-12,14,30H,9-10,13H2,1-8H3/t14-/m0/s1. The zero-order valence-corrected chi connectivity index (χ0v) is 21.3. The van der Waals surface area contributed by atoms with Gasteiger partial charge in [-0.25, -0.2) is 0 Å². The van der Waals surface area contributed by atoms with Gasteiger partial charge in [0, 0.05) is 29.9 Å². The molecule has 3 rings (SSSR count). The second kappa shape index (κ2) is 9.57. The fraction of sp³-hybridized carbons (Fsp3) is 0.481. The summed E-state index contributed by atoms with van der Waals surface area (Å²) in [5, 5.41) is 11.4. The summed E-state index contributed by atoms with van der Waals surface area (Å²) in [7, 11) is 2.91. The van der Waals surface area contributed by atoms with Crippen molar-refractivity contribution in [1.29, 1.82) is 0 Å². The number of aryl methyl sites for hydroxylation is 1. The molecule has 0 saturated heterocycles. The van der Waals surface area contributed by atoms with Crippen LogP contribution in [0.1, 0.15) is 79.4 Å². The van der Waals surface area contributed by atoms with Gasteiger partial charge in [0.1, 0.15) is 34.2 Å². The third kappa shape index (κ3) is 4.31. The van der Waals surface area contributed by atoms with Crippen LogP contribution >= 0.6 is 0 Å². The predicted octanol–water partition coefficient (Wildman–Crippen LogP) is 5.24. The van der Waals surface area contributed by atoms with Crippen molar-refractivity contribution >= 4 is 11.9 Å². The molecule has 2 heterocycles. The first-order chi connectivity index (χ1) is 16.0. The number of fused-ring (bicyclic) bond motifs is 1. The summed E-state index contributed by atoms with van der Waals surface area (Å²) in [6.07, 6.45) is 4.79. The Morgan fingerprint density at radius 3 is 2.41 bits per heavy atom. The van der Waals surface area contributed by atoms with Crippen molar-refractivity contribution in [1.82, 2.24) is 0 Å². The molecule has 7 nitrogen and oxygen atoms in total. The zero-order chi connectivity index (χ0) is 25.4. The van der Waals surface area contributed by atoms with E-state index in [1.165, 1.54) is 14.2 Å². The Bertz CT molecular complexity index is 1200. The summed E-state index contributed by atoms with van der Waals surface area (Å²) in [5.41, 5.74) is 0.768. The van der Waals surface area contributed by atoms with E-state index >= 15 is 0 Å². The molecule has 0 spiro atoms. The Labute approximate surface area is 200 Å². The molecule has 34 heavy (non-hydrogen) atoms. The molecular weight excluding hydrogens is 436 g/mol. The van der Waals surface area contributed by atoms with Gasteiger partial charge < -0.3 is 23.7 Å². The quantitative estimate of drug-likeness (QED) is 0.527. The maximum absolute atomic E-state index is 13.4. The van der Waals surface area contributed by atoms with Crippen LogP contribution in [-0.2, 0) is 12.8 Å². The molecule has 0 radical (unpaired) electrons. The minimum absolute atomic E-state index is 0.0450. The van der Waals surface area contributed by atoms with Crippen LogP contribution in [0.4, 0.5) is 0 Å². The average Bonchev–Trinajstić information content (AvgIpc) is 2.81. The van der Waals surface area contributed by atoms with E-state index in [0.29, 0.717) is 41.0 Å². The van der Waals surface area contributed by atoms with E-state index in [2.05, 4.69) is 0 Å². The van der Waals surface area contributed by atoms with Crippen molar-refractivity contribution in [3.05, 3.63) is 49.9 Å². The maximum Gasteiger partial charge on any atom is 0.291 e. The molecule has 0 unspecified atom stereocenters. The highest BCUT2D eigenvalue weighted by molar-refractivity contribution is 6.05. The number of hydrogen-bond acceptors (Lipinski definition) is 7. The highest BCUT2D eigenvalue weighted by atomic mass is 16.6. The van der Waals surface area contributed by atoms with Gasteiger partial charge in [0.05, 0.1) is 25.3 Å². The molecule has 2 aromatic rings. The summed E-state index contributed by atoms with van der Waals surface area (Å²) in [4.78, 5) is 26.6. The smallest absolute Gasteiger partial charge is 0.291 e. The van der Waals surface area contributed by atoms with Gasteiger partial charge in [-0.15, -0.1) is 0 Å². The Balaban J connectivity index is 2.35. The van der Waals surface area contributed by atoms with Crippen LogP contribution in [0.2, 0.25) is 0 Å². The fourth-order valence-corrected chi connectivity index (χ4v) is 4.19. The molecule has 0 amide bonds. The maximum atomic E-state index is 13.4. The second-order valence-electron chi connectivity index (χ2n) is 9.17. The fourth-order valence-electron chi connectivity index (χ4n) is 4.19. The molecule has 0 bridgehead atoms. The van der Waals surface area contributed by atoms with Crippen molar-refractivity contribution in [2.75, 3.05) is 14.2 Å². The number of ketones is 1. The van der Waals surface area contributed by atoms with E-state index < -0.39 is 5.60 Å². The number of phenolic OH excluding ortho intramolecular Hbond substituents is 1. The van der Waals surface area contributed by atoms with Gasteiger partial charge in [-0.3, -0.25) is 9.59 Å². The molecule has 0 fully saturated rings. The SMILES string of the molecule is CCc1oc(OC)c(Cc2c(O)c(C(=O)[C@@H](C)CC)c3c(c2OC)C=CC(C)(C)O3)c(=O)c1C. The largest absolute Gasteiger partial charge is 0.507 e. The first kappa shape index (κ1) is 25.4. The van der Waals surface area contributed by atoms with E-state index in [4.69, 9.17) is 18.6 Å².